The number of benzene rings is 1. The lowest BCUT2D eigenvalue weighted by Gasteiger charge is -2.03. The first-order chi connectivity index (χ1) is 12.1. The van der Waals surface area contributed by atoms with Crippen molar-refractivity contribution in [2.75, 3.05) is 13.7 Å². The van der Waals surface area contributed by atoms with Gasteiger partial charge in [-0.25, -0.2) is 9.78 Å². The third-order valence-electron chi connectivity index (χ3n) is 3.27. The van der Waals surface area contributed by atoms with Crippen LogP contribution in [0.25, 0.3) is 0 Å². The molecule has 1 aromatic carbocycles. The van der Waals surface area contributed by atoms with E-state index in [0.29, 0.717) is 31.9 Å². The Morgan fingerprint density at radius 1 is 1.28 bits per heavy atom. The van der Waals surface area contributed by atoms with Gasteiger partial charge < -0.3 is 19.2 Å². The van der Waals surface area contributed by atoms with E-state index in [1.165, 1.54) is 13.4 Å². The number of oxazole rings is 1. The van der Waals surface area contributed by atoms with Crippen molar-refractivity contribution in [3.8, 4) is 0 Å². The Bertz CT molecular complexity index is 724. The Balaban J connectivity index is 1.71. The van der Waals surface area contributed by atoms with Gasteiger partial charge in [0, 0.05) is 13.0 Å². The van der Waals surface area contributed by atoms with E-state index in [1.807, 2.05) is 30.3 Å². The van der Waals surface area contributed by atoms with Crippen LogP contribution < -0.4 is 5.32 Å². The van der Waals surface area contributed by atoms with Gasteiger partial charge in [0.25, 0.3) is 5.91 Å². The van der Waals surface area contributed by atoms with Crippen molar-refractivity contribution in [2.45, 2.75) is 19.4 Å². The summed E-state index contributed by atoms with van der Waals surface area (Å²) >= 11 is 0. The topological polar surface area (TPSA) is 90.7 Å². The number of nitrogens with one attached hydrogen (secondary N) is 1. The fraction of sp³-hybridized carbons (Fsp3) is 0.278. The summed E-state index contributed by atoms with van der Waals surface area (Å²) in [7, 11) is 1.20. The summed E-state index contributed by atoms with van der Waals surface area (Å²) in [6, 6.07) is 9.89. The number of carbonyl (C=O) groups excluding carboxylic acids is 2. The molecule has 0 fully saturated rings. The number of rotatable bonds is 9. The highest BCUT2D eigenvalue weighted by Gasteiger charge is 2.16. The third-order valence-corrected chi connectivity index (χ3v) is 3.27. The molecule has 1 heterocycles. The largest absolute Gasteiger partial charge is 0.464 e. The molecule has 0 aliphatic heterocycles. The number of aryl methyl sites for hydroxylation is 1. The molecule has 0 spiro atoms. The van der Waals surface area contributed by atoms with Crippen molar-refractivity contribution >= 4 is 11.9 Å². The highest BCUT2D eigenvalue weighted by atomic mass is 16.5. The Morgan fingerprint density at radius 2 is 2.04 bits per heavy atom. The minimum atomic E-state index is -0.715. The second-order valence-electron chi connectivity index (χ2n) is 5.19. The predicted octanol–water partition coefficient (Wildman–Crippen LogP) is 2.24. The summed E-state index contributed by atoms with van der Waals surface area (Å²) in [5.41, 5.74) is 1.03. The lowest BCUT2D eigenvalue weighted by Crippen LogP contribution is -2.27. The molecule has 25 heavy (non-hydrogen) atoms. The fourth-order valence-corrected chi connectivity index (χ4v) is 2.00. The van der Waals surface area contributed by atoms with Gasteiger partial charge in [0.2, 0.25) is 0 Å². The van der Waals surface area contributed by atoms with Crippen LogP contribution in [0.2, 0.25) is 0 Å². The summed E-state index contributed by atoms with van der Waals surface area (Å²) in [6.07, 6.45) is 2.49. The molecule has 1 aromatic heterocycles. The zero-order valence-electron chi connectivity index (χ0n) is 14.0. The zero-order chi connectivity index (χ0) is 18.1. The second-order valence-corrected chi connectivity index (χ2v) is 5.19. The highest BCUT2D eigenvalue weighted by Crippen LogP contribution is 2.07. The summed E-state index contributed by atoms with van der Waals surface area (Å²) < 4.78 is 15.3. The van der Waals surface area contributed by atoms with Crippen molar-refractivity contribution in [3.05, 3.63) is 66.0 Å². The summed E-state index contributed by atoms with van der Waals surface area (Å²) in [4.78, 5) is 27.2. The van der Waals surface area contributed by atoms with Crippen LogP contribution in [0.1, 0.15) is 28.4 Å². The van der Waals surface area contributed by atoms with Gasteiger partial charge in [0.15, 0.2) is 11.6 Å². The molecule has 7 heteroatoms. The Morgan fingerprint density at radius 3 is 2.76 bits per heavy atom. The third kappa shape index (κ3) is 5.89. The number of methoxy groups -OCH3 is 1. The second kappa shape index (κ2) is 9.39. The van der Waals surface area contributed by atoms with Crippen LogP contribution in [0.3, 0.4) is 0 Å². The van der Waals surface area contributed by atoms with Crippen LogP contribution in [0, 0.1) is 0 Å². The molecule has 0 atom stereocenters. The number of esters is 1. The van der Waals surface area contributed by atoms with Crippen LogP contribution in [0.5, 0.6) is 0 Å². The fourth-order valence-electron chi connectivity index (χ4n) is 2.00. The normalized spacial score (nSPS) is 10.3. The molecular weight excluding hydrogens is 324 g/mol. The van der Waals surface area contributed by atoms with Gasteiger partial charge in [-0.15, -0.1) is 0 Å². The molecule has 0 aliphatic rings. The van der Waals surface area contributed by atoms with Crippen molar-refractivity contribution in [1.82, 2.24) is 10.3 Å². The van der Waals surface area contributed by atoms with Gasteiger partial charge in [-0.3, -0.25) is 4.79 Å². The molecule has 0 unspecified atom stereocenters. The highest BCUT2D eigenvalue weighted by molar-refractivity contribution is 5.99. The molecule has 2 aromatic rings. The Labute approximate surface area is 145 Å². The maximum Gasteiger partial charge on any atom is 0.353 e. The maximum atomic E-state index is 11.9. The van der Waals surface area contributed by atoms with E-state index in [1.54, 1.807) is 0 Å². The van der Waals surface area contributed by atoms with Crippen LogP contribution in [0.15, 0.2) is 53.3 Å². The van der Waals surface area contributed by atoms with E-state index in [-0.39, 0.29) is 11.4 Å². The molecule has 0 bridgehead atoms. The quantitative estimate of drug-likeness (QED) is 0.426. The van der Waals surface area contributed by atoms with E-state index in [9.17, 15) is 9.59 Å². The first-order valence-electron chi connectivity index (χ1n) is 7.75. The van der Waals surface area contributed by atoms with E-state index in [4.69, 9.17) is 9.15 Å². The minimum Gasteiger partial charge on any atom is -0.464 e. The van der Waals surface area contributed by atoms with Crippen LogP contribution in [-0.2, 0) is 27.3 Å². The lowest BCUT2D eigenvalue weighted by atomic mass is 10.2. The van der Waals surface area contributed by atoms with Gasteiger partial charge >= 0.3 is 5.97 Å². The van der Waals surface area contributed by atoms with E-state index >= 15 is 0 Å². The minimum absolute atomic E-state index is 0.0743. The number of nitrogens with zero attached hydrogens (tertiary/aromatic N) is 1. The lowest BCUT2D eigenvalue weighted by molar-refractivity contribution is -0.136. The average Bonchev–Trinajstić information content (AvgIpc) is 3.10. The van der Waals surface area contributed by atoms with Crippen molar-refractivity contribution in [2.24, 2.45) is 0 Å². The predicted molar refractivity (Wildman–Crippen MR) is 89.5 cm³/mol. The van der Waals surface area contributed by atoms with E-state index in [2.05, 4.69) is 21.6 Å². The van der Waals surface area contributed by atoms with Gasteiger partial charge in [-0.2, -0.15) is 0 Å². The van der Waals surface area contributed by atoms with Gasteiger partial charge in [-0.05, 0) is 12.0 Å². The molecule has 1 N–H and O–H groups in total. The SMILES string of the molecule is C=C(NC(=O)c1coc(CCCOCc2ccccc2)n1)C(=O)OC. The number of amides is 1. The van der Waals surface area contributed by atoms with Crippen molar-refractivity contribution < 1.29 is 23.5 Å². The molecular formula is C18H20N2O5. The number of aromatic nitrogens is 1. The molecule has 0 aliphatic carbocycles. The monoisotopic (exact) mass is 344 g/mol. The molecule has 132 valence electrons. The van der Waals surface area contributed by atoms with Crippen LogP contribution in [-0.4, -0.2) is 30.6 Å². The van der Waals surface area contributed by atoms with E-state index < -0.39 is 11.9 Å². The smallest absolute Gasteiger partial charge is 0.353 e. The number of hydrogen-bond donors (Lipinski definition) is 1. The first-order valence-corrected chi connectivity index (χ1v) is 7.75. The number of ether oxygens (including phenoxy) is 2. The number of hydrogen-bond acceptors (Lipinski definition) is 6. The Kier molecular flexibility index (Phi) is 6.91. The maximum absolute atomic E-state index is 11.9. The molecule has 0 saturated carbocycles. The Hall–Kier alpha value is -2.93. The average molecular weight is 344 g/mol. The van der Waals surface area contributed by atoms with Gasteiger partial charge in [0.05, 0.1) is 13.7 Å². The molecule has 2 rings (SSSR count). The van der Waals surface area contributed by atoms with Gasteiger partial charge in [0.1, 0.15) is 12.0 Å². The van der Waals surface area contributed by atoms with Crippen LogP contribution in [0.4, 0.5) is 0 Å². The number of carbonyl (C=O) groups is 2. The van der Waals surface area contributed by atoms with Gasteiger partial charge in [-0.1, -0.05) is 36.9 Å². The van der Waals surface area contributed by atoms with Crippen molar-refractivity contribution in [3.63, 3.8) is 0 Å². The molecule has 0 radical (unpaired) electrons. The van der Waals surface area contributed by atoms with Crippen LogP contribution >= 0.6 is 0 Å². The standard InChI is InChI=1S/C18H20N2O5/c1-13(18(22)23-2)19-17(21)15-12-25-16(20-15)9-6-10-24-11-14-7-4-3-5-8-14/h3-5,7-8,12H,1,6,9-11H2,2H3,(H,19,21). The first kappa shape index (κ1) is 18.4. The summed E-state index contributed by atoms with van der Waals surface area (Å²) in [5.74, 6) is -0.865. The molecule has 1 amide bonds. The zero-order valence-corrected chi connectivity index (χ0v) is 14.0. The molecule has 7 nitrogen and oxygen atoms in total. The summed E-state index contributed by atoms with van der Waals surface area (Å²) in [5, 5.41) is 2.30. The van der Waals surface area contributed by atoms with Crippen molar-refractivity contribution in [1.29, 1.82) is 0 Å². The summed E-state index contributed by atoms with van der Waals surface area (Å²) in [6.45, 7) is 4.52. The molecule has 0 saturated heterocycles. The van der Waals surface area contributed by atoms with E-state index in [0.717, 1.165) is 5.56 Å².